The van der Waals surface area contributed by atoms with Gasteiger partial charge in [-0.1, -0.05) is 32.0 Å². The average molecular weight is 286 g/mol. The van der Waals surface area contributed by atoms with Gasteiger partial charge in [0.05, 0.1) is 6.61 Å². The zero-order valence-corrected chi connectivity index (χ0v) is 13.4. The molecule has 1 unspecified atom stereocenters. The van der Waals surface area contributed by atoms with E-state index in [2.05, 4.69) is 67.9 Å². The van der Waals surface area contributed by atoms with Crippen LogP contribution >= 0.6 is 0 Å². The number of aromatic nitrogens is 1. The molecular formula is C18H26N2O. The highest BCUT2D eigenvalue weighted by Crippen LogP contribution is 2.20. The van der Waals surface area contributed by atoms with E-state index in [0.29, 0.717) is 5.92 Å². The number of rotatable bonds is 6. The SMILES string of the molecule is Cc1cc(CNC(CO)C(C)C)c(C)n1-c1ccccc1. The summed E-state index contributed by atoms with van der Waals surface area (Å²) in [6.07, 6.45) is 0. The van der Waals surface area contributed by atoms with E-state index in [0.717, 1.165) is 6.54 Å². The van der Waals surface area contributed by atoms with Crippen molar-refractivity contribution in [1.29, 1.82) is 0 Å². The Bertz CT molecular complexity index is 572. The van der Waals surface area contributed by atoms with Gasteiger partial charge in [-0.15, -0.1) is 0 Å². The third-order valence-electron chi connectivity index (χ3n) is 4.11. The van der Waals surface area contributed by atoms with Crippen LogP contribution in [0.15, 0.2) is 36.4 Å². The van der Waals surface area contributed by atoms with Crippen molar-refractivity contribution in [1.82, 2.24) is 9.88 Å². The number of benzene rings is 1. The topological polar surface area (TPSA) is 37.2 Å². The summed E-state index contributed by atoms with van der Waals surface area (Å²) >= 11 is 0. The lowest BCUT2D eigenvalue weighted by atomic mass is 10.1. The van der Waals surface area contributed by atoms with Crippen molar-refractivity contribution in [3.63, 3.8) is 0 Å². The summed E-state index contributed by atoms with van der Waals surface area (Å²) in [6, 6.07) is 12.8. The summed E-state index contributed by atoms with van der Waals surface area (Å²) in [5, 5.41) is 12.9. The van der Waals surface area contributed by atoms with Gasteiger partial charge in [-0.25, -0.2) is 0 Å². The Morgan fingerprint density at radius 2 is 1.81 bits per heavy atom. The van der Waals surface area contributed by atoms with Gasteiger partial charge in [0.2, 0.25) is 0 Å². The predicted molar refractivity (Wildman–Crippen MR) is 87.8 cm³/mol. The summed E-state index contributed by atoms with van der Waals surface area (Å²) in [5.74, 6) is 0.424. The molecule has 0 aliphatic heterocycles. The third-order valence-corrected chi connectivity index (χ3v) is 4.11. The van der Waals surface area contributed by atoms with Crippen molar-refractivity contribution in [3.8, 4) is 5.69 Å². The van der Waals surface area contributed by atoms with E-state index in [4.69, 9.17) is 0 Å². The summed E-state index contributed by atoms with van der Waals surface area (Å²) in [4.78, 5) is 0. The lowest BCUT2D eigenvalue weighted by Crippen LogP contribution is -2.36. The van der Waals surface area contributed by atoms with Gasteiger partial charge in [0.15, 0.2) is 0 Å². The van der Waals surface area contributed by atoms with Gasteiger partial charge in [0.25, 0.3) is 0 Å². The van der Waals surface area contributed by atoms with Crippen LogP contribution in [0, 0.1) is 19.8 Å². The number of hydrogen-bond donors (Lipinski definition) is 2. The van der Waals surface area contributed by atoms with Crippen LogP contribution in [0.1, 0.15) is 30.8 Å². The van der Waals surface area contributed by atoms with Gasteiger partial charge < -0.3 is 15.0 Å². The molecule has 0 amide bonds. The van der Waals surface area contributed by atoms with Crippen molar-refractivity contribution >= 4 is 0 Å². The lowest BCUT2D eigenvalue weighted by Gasteiger charge is -2.20. The van der Waals surface area contributed by atoms with Gasteiger partial charge in [-0.2, -0.15) is 0 Å². The maximum atomic E-state index is 9.41. The van der Waals surface area contributed by atoms with E-state index in [1.807, 2.05) is 6.07 Å². The highest BCUT2D eigenvalue weighted by molar-refractivity contribution is 5.40. The molecule has 0 aliphatic carbocycles. The van der Waals surface area contributed by atoms with E-state index in [1.165, 1.54) is 22.6 Å². The minimum absolute atomic E-state index is 0.143. The van der Waals surface area contributed by atoms with Crippen molar-refractivity contribution in [2.24, 2.45) is 5.92 Å². The van der Waals surface area contributed by atoms with Crippen LogP contribution in [0.2, 0.25) is 0 Å². The van der Waals surface area contributed by atoms with E-state index < -0.39 is 0 Å². The molecule has 0 saturated heterocycles. The molecule has 21 heavy (non-hydrogen) atoms. The van der Waals surface area contributed by atoms with Crippen molar-refractivity contribution in [2.45, 2.75) is 40.3 Å². The van der Waals surface area contributed by atoms with Gasteiger partial charge in [0, 0.05) is 29.7 Å². The fraction of sp³-hybridized carbons (Fsp3) is 0.444. The highest BCUT2D eigenvalue weighted by Gasteiger charge is 2.14. The molecule has 2 aromatic rings. The van der Waals surface area contributed by atoms with E-state index in [9.17, 15) is 5.11 Å². The summed E-state index contributed by atoms with van der Waals surface area (Å²) < 4.78 is 2.28. The Labute approximate surface area is 127 Å². The number of aryl methyl sites for hydroxylation is 1. The average Bonchev–Trinajstić information content (AvgIpc) is 2.75. The van der Waals surface area contributed by atoms with Crippen molar-refractivity contribution < 1.29 is 5.11 Å². The second-order valence-corrected chi connectivity index (χ2v) is 5.98. The van der Waals surface area contributed by atoms with Crippen molar-refractivity contribution in [3.05, 3.63) is 53.3 Å². The zero-order valence-electron chi connectivity index (χ0n) is 13.4. The number of hydrogen-bond acceptors (Lipinski definition) is 2. The van der Waals surface area contributed by atoms with Crippen LogP contribution in [0.3, 0.4) is 0 Å². The van der Waals surface area contributed by atoms with Crippen LogP contribution in [-0.2, 0) is 6.54 Å². The van der Waals surface area contributed by atoms with Crippen LogP contribution < -0.4 is 5.32 Å². The molecule has 3 nitrogen and oxygen atoms in total. The van der Waals surface area contributed by atoms with Gasteiger partial charge in [-0.3, -0.25) is 0 Å². The molecule has 1 heterocycles. The molecule has 1 aromatic carbocycles. The molecule has 0 spiro atoms. The number of para-hydroxylation sites is 1. The number of aliphatic hydroxyl groups excluding tert-OH is 1. The Morgan fingerprint density at radius 3 is 2.38 bits per heavy atom. The van der Waals surface area contributed by atoms with E-state index in [-0.39, 0.29) is 12.6 Å². The number of nitrogens with zero attached hydrogens (tertiary/aromatic N) is 1. The molecule has 114 valence electrons. The molecule has 0 aliphatic rings. The first-order valence-electron chi connectivity index (χ1n) is 7.62. The molecule has 1 aromatic heterocycles. The molecule has 0 bridgehead atoms. The van der Waals surface area contributed by atoms with Crippen LogP contribution in [-0.4, -0.2) is 22.3 Å². The van der Waals surface area contributed by atoms with E-state index >= 15 is 0 Å². The lowest BCUT2D eigenvalue weighted by molar-refractivity contribution is 0.210. The normalized spacial score (nSPS) is 12.9. The second kappa shape index (κ2) is 6.92. The Kier molecular flexibility index (Phi) is 5.21. The van der Waals surface area contributed by atoms with Gasteiger partial charge >= 0.3 is 0 Å². The molecule has 0 saturated carbocycles. The maximum Gasteiger partial charge on any atom is 0.0587 e. The number of nitrogens with one attached hydrogen (secondary N) is 1. The molecular weight excluding hydrogens is 260 g/mol. The van der Waals surface area contributed by atoms with Gasteiger partial charge in [0.1, 0.15) is 0 Å². The standard InChI is InChI=1S/C18H26N2O/c1-13(2)18(12-21)19-11-16-10-14(3)20(15(16)4)17-8-6-5-7-9-17/h5-10,13,18-19,21H,11-12H2,1-4H3. The van der Waals surface area contributed by atoms with Crippen molar-refractivity contribution in [2.75, 3.05) is 6.61 Å². The molecule has 0 fully saturated rings. The monoisotopic (exact) mass is 286 g/mol. The molecule has 3 heteroatoms. The number of aliphatic hydroxyl groups is 1. The first kappa shape index (κ1) is 15.8. The van der Waals surface area contributed by atoms with E-state index in [1.54, 1.807) is 0 Å². The Morgan fingerprint density at radius 1 is 1.14 bits per heavy atom. The Balaban J connectivity index is 2.20. The summed E-state index contributed by atoms with van der Waals surface area (Å²) in [5.41, 5.74) is 4.98. The molecule has 2 N–H and O–H groups in total. The van der Waals surface area contributed by atoms with Gasteiger partial charge in [-0.05, 0) is 43.5 Å². The maximum absolute atomic E-state index is 9.41. The zero-order chi connectivity index (χ0) is 15.4. The third kappa shape index (κ3) is 3.55. The largest absolute Gasteiger partial charge is 0.395 e. The minimum Gasteiger partial charge on any atom is -0.395 e. The first-order chi connectivity index (χ1) is 10.0. The van der Waals surface area contributed by atoms with Crippen LogP contribution in [0.5, 0.6) is 0 Å². The quantitative estimate of drug-likeness (QED) is 0.855. The second-order valence-electron chi connectivity index (χ2n) is 5.98. The fourth-order valence-corrected chi connectivity index (χ4v) is 2.73. The summed E-state index contributed by atoms with van der Waals surface area (Å²) in [6.45, 7) is 9.50. The Hall–Kier alpha value is -1.58. The first-order valence-corrected chi connectivity index (χ1v) is 7.62. The van der Waals surface area contributed by atoms with Crippen LogP contribution in [0.4, 0.5) is 0 Å². The smallest absolute Gasteiger partial charge is 0.0587 e. The predicted octanol–water partition coefficient (Wildman–Crippen LogP) is 3.20. The summed E-state index contributed by atoms with van der Waals surface area (Å²) in [7, 11) is 0. The molecule has 2 rings (SSSR count). The molecule has 1 atom stereocenters. The fourth-order valence-electron chi connectivity index (χ4n) is 2.73. The molecule has 0 radical (unpaired) electrons. The highest BCUT2D eigenvalue weighted by atomic mass is 16.3. The van der Waals surface area contributed by atoms with Crippen LogP contribution in [0.25, 0.3) is 5.69 Å². The minimum atomic E-state index is 0.143.